The molecule has 20 heavy (non-hydrogen) atoms. The van der Waals surface area contributed by atoms with Crippen LogP contribution < -0.4 is 0 Å². The normalized spacial score (nSPS) is 10.3. The molecule has 0 spiro atoms. The van der Waals surface area contributed by atoms with Gasteiger partial charge in [-0.05, 0) is 30.3 Å². The van der Waals surface area contributed by atoms with Crippen molar-refractivity contribution >= 4 is 17.1 Å². The van der Waals surface area contributed by atoms with Crippen LogP contribution in [0.3, 0.4) is 0 Å². The molecule has 0 unspecified atom stereocenters. The Labute approximate surface area is 112 Å². The van der Waals surface area contributed by atoms with Gasteiger partial charge in [0.25, 0.3) is 0 Å². The molecule has 0 saturated heterocycles. The third-order valence-corrected chi connectivity index (χ3v) is 2.75. The van der Waals surface area contributed by atoms with E-state index in [1.165, 1.54) is 18.3 Å². The molecule has 0 radical (unpaired) electrons. The fraction of sp³-hybridized carbons (Fsp3) is 0. The largest absolute Gasteiger partial charge is 0.478 e. The van der Waals surface area contributed by atoms with Gasteiger partial charge >= 0.3 is 5.97 Å². The molecule has 0 aliphatic rings. The van der Waals surface area contributed by atoms with Crippen LogP contribution in [0, 0.1) is 11.3 Å². The second kappa shape index (κ2) is 4.48. The molecule has 1 aromatic carbocycles. The van der Waals surface area contributed by atoms with Gasteiger partial charge in [0.2, 0.25) is 5.89 Å². The van der Waals surface area contributed by atoms with E-state index in [9.17, 15) is 4.79 Å². The van der Waals surface area contributed by atoms with E-state index in [4.69, 9.17) is 14.8 Å². The van der Waals surface area contributed by atoms with Crippen molar-refractivity contribution < 1.29 is 14.3 Å². The minimum Gasteiger partial charge on any atom is -0.478 e. The minimum absolute atomic E-state index is 0.132. The zero-order valence-corrected chi connectivity index (χ0v) is 10.1. The van der Waals surface area contributed by atoms with Crippen molar-refractivity contribution in [2.45, 2.75) is 0 Å². The molecule has 0 atom stereocenters. The molecule has 6 nitrogen and oxygen atoms in total. The van der Waals surface area contributed by atoms with Crippen molar-refractivity contribution in [3.05, 3.63) is 47.7 Å². The highest BCUT2D eigenvalue weighted by atomic mass is 16.4. The molecule has 0 fully saturated rings. The number of rotatable bonds is 2. The number of nitrogens with zero attached hydrogens (tertiary/aromatic N) is 3. The predicted octanol–water partition coefficient (Wildman–Crippen LogP) is 2.46. The maximum Gasteiger partial charge on any atom is 0.335 e. The van der Waals surface area contributed by atoms with Gasteiger partial charge in [-0.25, -0.2) is 14.8 Å². The fourth-order valence-electron chi connectivity index (χ4n) is 1.75. The summed E-state index contributed by atoms with van der Waals surface area (Å²) >= 11 is 0. The number of fused-ring (bicyclic) bond motifs is 1. The maximum atomic E-state index is 10.9. The smallest absolute Gasteiger partial charge is 0.335 e. The Morgan fingerprint density at radius 2 is 2.15 bits per heavy atom. The van der Waals surface area contributed by atoms with Crippen molar-refractivity contribution in [3.63, 3.8) is 0 Å². The summed E-state index contributed by atoms with van der Waals surface area (Å²) in [6.07, 6.45) is 1.42. The topological polar surface area (TPSA) is 100 Å². The van der Waals surface area contributed by atoms with E-state index >= 15 is 0 Å². The summed E-state index contributed by atoms with van der Waals surface area (Å²) in [6, 6.07) is 9.67. The highest BCUT2D eigenvalue weighted by Crippen LogP contribution is 2.23. The SMILES string of the molecule is N#Cc1ccc(-c2nc3ccc(C(=O)O)cc3o2)nc1. The fourth-order valence-corrected chi connectivity index (χ4v) is 1.75. The summed E-state index contributed by atoms with van der Waals surface area (Å²) in [5, 5.41) is 17.6. The van der Waals surface area contributed by atoms with Gasteiger partial charge in [0.1, 0.15) is 17.3 Å². The first-order valence-electron chi connectivity index (χ1n) is 5.68. The average molecular weight is 265 g/mol. The molecule has 0 amide bonds. The van der Waals surface area contributed by atoms with E-state index < -0.39 is 5.97 Å². The minimum atomic E-state index is -1.03. The van der Waals surface area contributed by atoms with Crippen molar-refractivity contribution in [2.24, 2.45) is 0 Å². The van der Waals surface area contributed by atoms with E-state index in [1.54, 1.807) is 18.2 Å². The first-order valence-corrected chi connectivity index (χ1v) is 5.68. The van der Waals surface area contributed by atoms with E-state index in [2.05, 4.69) is 9.97 Å². The van der Waals surface area contributed by atoms with Crippen molar-refractivity contribution in [1.29, 1.82) is 5.26 Å². The molecule has 6 heteroatoms. The number of carboxylic acid groups (broad SMARTS) is 1. The van der Waals surface area contributed by atoms with Crippen LogP contribution in [0.4, 0.5) is 0 Å². The second-order valence-corrected chi connectivity index (χ2v) is 4.05. The van der Waals surface area contributed by atoms with E-state index in [1.807, 2.05) is 6.07 Å². The molecule has 96 valence electrons. The zero-order chi connectivity index (χ0) is 14.1. The Morgan fingerprint density at radius 1 is 1.30 bits per heavy atom. The lowest BCUT2D eigenvalue weighted by Gasteiger charge is -1.93. The molecule has 2 aromatic heterocycles. The molecular formula is C14H7N3O3. The Balaban J connectivity index is 2.08. The van der Waals surface area contributed by atoms with Crippen LogP contribution >= 0.6 is 0 Å². The Morgan fingerprint density at radius 3 is 2.80 bits per heavy atom. The number of carbonyl (C=O) groups is 1. The predicted molar refractivity (Wildman–Crippen MR) is 68.9 cm³/mol. The van der Waals surface area contributed by atoms with Crippen molar-refractivity contribution in [2.75, 3.05) is 0 Å². The molecule has 0 saturated carbocycles. The first kappa shape index (κ1) is 11.9. The van der Waals surface area contributed by atoms with Crippen LogP contribution in [-0.4, -0.2) is 21.0 Å². The van der Waals surface area contributed by atoms with Gasteiger partial charge < -0.3 is 9.52 Å². The maximum absolute atomic E-state index is 10.9. The van der Waals surface area contributed by atoms with Gasteiger partial charge in [-0.3, -0.25) is 0 Å². The van der Waals surface area contributed by atoms with E-state index in [0.29, 0.717) is 22.4 Å². The van der Waals surface area contributed by atoms with Gasteiger partial charge in [0.05, 0.1) is 11.1 Å². The molecular weight excluding hydrogens is 258 g/mol. The number of carboxylic acids is 1. The third-order valence-electron chi connectivity index (χ3n) is 2.75. The van der Waals surface area contributed by atoms with Crippen LogP contribution in [0.25, 0.3) is 22.7 Å². The summed E-state index contributed by atoms with van der Waals surface area (Å²) in [6.45, 7) is 0. The number of aromatic carboxylic acids is 1. The molecule has 1 N–H and O–H groups in total. The Bertz CT molecular complexity index is 844. The van der Waals surface area contributed by atoms with Crippen molar-refractivity contribution in [1.82, 2.24) is 9.97 Å². The Hall–Kier alpha value is -3.20. The van der Waals surface area contributed by atoms with Gasteiger partial charge in [-0.1, -0.05) is 0 Å². The lowest BCUT2D eigenvalue weighted by Crippen LogP contribution is -1.94. The van der Waals surface area contributed by atoms with Crippen LogP contribution in [0.1, 0.15) is 15.9 Å². The van der Waals surface area contributed by atoms with Gasteiger partial charge in [-0.2, -0.15) is 5.26 Å². The number of oxazole rings is 1. The number of pyridine rings is 1. The van der Waals surface area contributed by atoms with Crippen LogP contribution in [0.15, 0.2) is 40.9 Å². The quantitative estimate of drug-likeness (QED) is 0.763. The number of benzene rings is 1. The highest BCUT2D eigenvalue weighted by Gasteiger charge is 2.12. The standard InChI is InChI=1S/C14H7N3O3/c15-6-8-1-3-11(16-7-8)13-17-10-4-2-9(14(18)19)5-12(10)20-13/h1-5,7H,(H,18,19). The van der Waals surface area contributed by atoms with Gasteiger partial charge in [-0.15, -0.1) is 0 Å². The average Bonchev–Trinajstić information content (AvgIpc) is 2.90. The van der Waals surface area contributed by atoms with E-state index in [0.717, 1.165) is 0 Å². The first-order chi connectivity index (χ1) is 9.67. The van der Waals surface area contributed by atoms with Gasteiger partial charge in [0, 0.05) is 6.20 Å². The van der Waals surface area contributed by atoms with Crippen LogP contribution in [0.2, 0.25) is 0 Å². The molecule has 3 aromatic rings. The highest BCUT2D eigenvalue weighted by molar-refractivity contribution is 5.92. The molecule has 0 aliphatic carbocycles. The number of hydrogen-bond acceptors (Lipinski definition) is 5. The molecule has 2 heterocycles. The van der Waals surface area contributed by atoms with Gasteiger partial charge in [0.15, 0.2) is 5.58 Å². The van der Waals surface area contributed by atoms with E-state index in [-0.39, 0.29) is 11.5 Å². The number of hydrogen-bond donors (Lipinski definition) is 1. The zero-order valence-electron chi connectivity index (χ0n) is 10.1. The van der Waals surface area contributed by atoms with Crippen molar-refractivity contribution in [3.8, 4) is 17.7 Å². The van der Waals surface area contributed by atoms with Crippen LogP contribution in [-0.2, 0) is 0 Å². The lowest BCUT2D eigenvalue weighted by atomic mass is 10.2. The second-order valence-electron chi connectivity index (χ2n) is 4.05. The monoisotopic (exact) mass is 265 g/mol. The summed E-state index contributed by atoms with van der Waals surface area (Å²) in [5.74, 6) is -0.742. The number of nitriles is 1. The lowest BCUT2D eigenvalue weighted by molar-refractivity contribution is 0.0697. The van der Waals surface area contributed by atoms with Crippen LogP contribution in [0.5, 0.6) is 0 Å². The summed E-state index contributed by atoms with van der Waals surface area (Å²) < 4.78 is 5.50. The summed E-state index contributed by atoms with van der Waals surface area (Å²) in [4.78, 5) is 19.2. The third kappa shape index (κ3) is 1.97. The number of aromatic nitrogens is 2. The molecule has 0 aliphatic heterocycles. The molecule has 0 bridgehead atoms. The summed E-state index contributed by atoms with van der Waals surface area (Å²) in [7, 11) is 0. The Kier molecular flexibility index (Phi) is 2.66. The molecule has 3 rings (SSSR count). The summed E-state index contributed by atoms with van der Waals surface area (Å²) in [5.41, 5.74) is 1.99.